The molecule has 1 aromatic heterocycles. The average molecular weight is 260 g/mol. The van der Waals surface area contributed by atoms with Gasteiger partial charge in [-0.3, -0.25) is 9.89 Å². The van der Waals surface area contributed by atoms with Gasteiger partial charge in [-0.25, -0.2) is 4.68 Å². The van der Waals surface area contributed by atoms with Crippen LogP contribution in [0.4, 0.5) is 0 Å². The summed E-state index contributed by atoms with van der Waals surface area (Å²) in [5.74, 6) is 0. The Balaban J connectivity index is 2.13. The van der Waals surface area contributed by atoms with E-state index < -0.39 is 0 Å². The number of H-pyrrole nitrogens is 1. The molecule has 0 saturated heterocycles. The summed E-state index contributed by atoms with van der Waals surface area (Å²) in [6.07, 6.45) is 0. The number of hydrogen-bond acceptors (Lipinski definition) is 1. The van der Waals surface area contributed by atoms with Crippen molar-refractivity contribution in [3.63, 3.8) is 0 Å². The van der Waals surface area contributed by atoms with Crippen LogP contribution in [0, 0.1) is 0 Å². The molecule has 96 valence electrons. The Morgan fingerprint density at radius 3 is 2.35 bits per heavy atom. The van der Waals surface area contributed by atoms with Gasteiger partial charge in [0.05, 0.1) is 16.6 Å². The largest absolute Gasteiger partial charge is 0.290 e. The highest BCUT2D eigenvalue weighted by atomic mass is 16.1. The maximum absolute atomic E-state index is 12.5. The molecule has 3 heteroatoms. The zero-order valence-electron chi connectivity index (χ0n) is 10.7. The van der Waals surface area contributed by atoms with Gasteiger partial charge in [0.15, 0.2) is 0 Å². The van der Waals surface area contributed by atoms with Crippen molar-refractivity contribution in [2.45, 2.75) is 0 Å². The highest BCUT2D eigenvalue weighted by Crippen LogP contribution is 2.22. The number of para-hydroxylation sites is 1. The van der Waals surface area contributed by atoms with E-state index in [1.54, 1.807) is 4.68 Å². The van der Waals surface area contributed by atoms with E-state index in [1.807, 2.05) is 66.7 Å². The van der Waals surface area contributed by atoms with Crippen molar-refractivity contribution in [2.75, 3.05) is 0 Å². The normalized spacial score (nSPS) is 11.2. The highest BCUT2D eigenvalue weighted by Gasteiger charge is 2.10. The monoisotopic (exact) mass is 260 g/mol. The van der Waals surface area contributed by atoms with Crippen molar-refractivity contribution >= 4 is 21.7 Å². The van der Waals surface area contributed by atoms with E-state index in [4.69, 9.17) is 0 Å². The SMILES string of the molecule is O=c1c2ccc3ccccc3c2[nH]n1-c1ccccc1. The van der Waals surface area contributed by atoms with Gasteiger partial charge in [0.1, 0.15) is 0 Å². The molecule has 0 aliphatic carbocycles. The van der Waals surface area contributed by atoms with E-state index in [2.05, 4.69) is 5.10 Å². The number of aromatic amines is 1. The lowest BCUT2D eigenvalue weighted by atomic mass is 10.1. The molecule has 0 aliphatic rings. The molecule has 0 spiro atoms. The van der Waals surface area contributed by atoms with Crippen molar-refractivity contribution in [1.82, 2.24) is 9.78 Å². The number of aromatic nitrogens is 2. The van der Waals surface area contributed by atoms with Crippen molar-refractivity contribution in [3.05, 3.63) is 77.1 Å². The Hall–Kier alpha value is -2.81. The number of benzene rings is 3. The summed E-state index contributed by atoms with van der Waals surface area (Å²) in [4.78, 5) is 12.5. The van der Waals surface area contributed by atoms with Gasteiger partial charge >= 0.3 is 0 Å². The molecular formula is C17H12N2O. The Labute approximate surface area is 115 Å². The third kappa shape index (κ3) is 1.50. The van der Waals surface area contributed by atoms with Crippen LogP contribution < -0.4 is 5.56 Å². The molecule has 20 heavy (non-hydrogen) atoms. The van der Waals surface area contributed by atoms with Gasteiger partial charge in [0, 0.05) is 5.39 Å². The molecule has 1 N–H and O–H groups in total. The van der Waals surface area contributed by atoms with Crippen LogP contribution >= 0.6 is 0 Å². The zero-order valence-corrected chi connectivity index (χ0v) is 10.7. The van der Waals surface area contributed by atoms with E-state index in [0.717, 1.165) is 22.0 Å². The third-order valence-corrected chi connectivity index (χ3v) is 3.60. The zero-order chi connectivity index (χ0) is 13.5. The fourth-order valence-electron chi connectivity index (χ4n) is 2.61. The van der Waals surface area contributed by atoms with Gasteiger partial charge in [-0.05, 0) is 23.6 Å². The summed E-state index contributed by atoms with van der Waals surface area (Å²) in [6.45, 7) is 0. The summed E-state index contributed by atoms with van der Waals surface area (Å²) in [6, 6.07) is 21.6. The molecule has 1 heterocycles. The van der Waals surface area contributed by atoms with Crippen LogP contribution in [-0.4, -0.2) is 9.78 Å². The van der Waals surface area contributed by atoms with E-state index in [-0.39, 0.29) is 5.56 Å². The second-order valence-corrected chi connectivity index (χ2v) is 4.80. The van der Waals surface area contributed by atoms with Crippen LogP contribution in [-0.2, 0) is 0 Å². The van der Waals surface area contributed by atoms with Crippen molar-refractivity contribution in [2.24, 2.45) is 0 Å². The first-order valence-corrected chi connectivity index (χ1v) is 6.52. The van der Waals surface area contributed by atoms with Crippen LogP contribution in [0.3, 0.4) is 0 Å². The lowest BCUT2D eigenvalue weighted by molar-refractivity contribution is 0.865. The maximum atomic E-state index is 12.5. The predicted molar refractivity (Wildman–Crippen MR) is 81.4 cm³/mol. The summed E-state index contributed by atoms with van der Waals surface area (Å²) >= 11 is 0. The van der Waals surface area contributed by atoms with Crippen LogP contribution in [0.2, 0.25) is 0 Å². The van der Waals surface area contributed by atoms with Gasteiger partial charge in [0.25, 0.3) is 5.56 Å². The van der Waals surface area contributed by atoms with Gasteiger partial charge in [0.2, 0.25) is 0 Å². The highest BCUT2D eigenvalue weighted by molar-refractivity contribution is 6.04. The quantitative estimate of drug-likeness (QED) is 0.559. The molecule has 0 saturated carbocycles. The summed E-state index contributed by atoms with van der Waals surface area (Å²) in [7, 11) is 0. The Morgan fingerprint density at radius 2 is 1.50 bits per heavy atom. The molecular weight excluding hydrogens is 248 g/mol. The molecule has 4 rings (SSSR count). The van der Waals surface area contributed by atoms with Crippen molar-refractivity contribution in [1.29, 1.82) is 0 Å². The minimum Gasteiger partial charge on any atom is -0.290 e. The number of nitrogens with one attached hydrogen (secondary N) is 1. The molecule has 3 aromatic carbocycles. The topological polar surface area (TPSA) is 37.8 Å². The predicted octanol–water partition coefficient (Wildman–Crippen LogP) is 3.47. The molecule has 3 nitrogen and oxygen atoms in total. The van der Waals surface area contributed by atoms with Crippen molar-refractivity contribution in [3.8, 4) is 5.69 Å². The summed E-state index contributed by atoms with van der Waals surface area (Å²) in [5.41, 5.74) is 1.71. The molecule has 0 unspecified atom stereocenters. The molecule has 4 aromatic rings. The number of hydrogen-bond donors (Lipinski definition) is 1. The van der Waals surface area contributed by atoms with Crippen LogP contribution in [0.15, 0.2) is 71.5 Å². The van der Waals surface area contributed by atoms with E-state index in [0.29, 0.717) is 5.39 Å². The minimum absolute atomic E-state index is 0.0167. The molecule has 0 atom stereocenters. The van der Waals surface area contributed by atoms with Gasteiger partial charge in [-0.1, -0.05) is 48.5 Å². The molecule has 0 radical (unpaired) electrons. The van der Waals surface area contributed by atoms with Gasteiger partial charge < -0.3 is 0 Å². The van der Waals surface area contributed by atoms with Gasteiger partial charge in [-0.2, -0.15) is 0 Å². The number of rotatable bonds is 1. The molecule has 0 fully saturated rings. The molecule has 0 amide bonds. The van der Waals surface area contributed by atoms with E-state index in [9.17, 15) is 4.79 Å². The first-order chi connectivity index (χ1) is 9.84. The number of fused-ring (bicyclic) bond motifs is 3. The fraction of sp³-hybridized carbons (Fsp3) is 0. The molecule has 0 aliphatic heterocycles. The smallest absolute Gasteiger partial charge is 0.279 e. The first-order valence-electron chi connectivity index (χ1n) is 6.52. The number of nitrogens with zero attached hydrogens (tertiary/aromatic N) is 1. The lowest BCUT2D eigenvalue weighted by Gasteiger charge is -2.00. The summed E-state index contributed by atoms with van der Waals surface area (Å²) in [5, 5.41) is 6.14. The molecule has 0 bridgehead atoms. The maximum Gasteiger partial charge on any atom is 0.279 e. The van der Waals surface area contributed by atoms with Gasteiger partial charge in [-0.15, -0.1) is 0 Å². The first kappa shape index (κ1) is 11.1. The standard InChI is InChI=1S/C17H12N2O/c20-17-15-11-10-12-6-4-5-9-14(12)16(15)18-19(17)13-7-2-1-3-8-13/h1-11,18H. The lowest BCUT2D eigenvalue weighted by Crippen LogP contribution is -2.13. The second kappa shape index (κ2) is 4.10. The van der Waals surface area contributed by atoms with Crippen LogP contribution in [0.25, 0.3) is 27.4 Å². The van der Waals surface area contributed by atoms with Crippen LogP contribution in [0.1, 0.15) is 0 Å². The van der Waals surface area contributed by atoms with Crippen LogP contribution in [0.5, 0.6) is 0 Å². The third-order valence-electron chi connectivity index (χ3n) is 3.60. The Kier molecular flexibility index (Phi) is 2.27. The Bertz CT molecular complexity index is 965. The van der Waals surface area contributed by atoms with E-state index >= 15 is 0 Å². The fourth-order valence-corrected chi connectivity index (χ4v) is 2.61. The summed E-state index contributed by atoms with van der Waals surface area (Å²) < 4.78 is 1.59. The van der Waals surface area contributed by atoms with E-state index in [1.165, 1.54) is 0 Å². The van der Waals surface area contributed by atoms with Crippen molar-refractivity contribution < 1.29 is 0 Å². The second-order valence-electron chi connectivity index (χ2n) is 4.80. The minimum atomic E-state index is -0.0167. The Morgan fingerprint density at radius 1 is 0.750 bits per heavy atom. The average Bonchev–Trinajstić information content (AvgIpc) is 2.86.